The number of ether oxygens (including phenoxy) is 4. The van der Waals surface area contributed by atoms with Gasteiger partial charge in [-0.15, -0.1) is 0 Å². The monoisotopic (exact) mass is 980 g/mol. The first-order valence-electron chi connectivity index (χ1n) is 25.4. The van der Waals surface area contributed by atoms with Gasteiger partial charge in [-0.05, 0) is 144 Å². The molecular weight excluding hydrogens is 921 g/mol. The summed E-state index contributed by atoms with van der Waals surface area (Å²) in [5.41, 5.74) is 17.1. The molecule has 74 heavy (non-hydrogen) atoms. The average molecular weight is 981 g/mol. The van der Waals surface area contributed by atoms with E-state index in [1.165, 1.54) is 40.0 Å². The van der Waals surface area contributed by atoms with Crippen molar-refractivity contribution in [2.75, 3.05) is 26.4 Å². The highest BCUT2D eigenvalue weighted by atomic mass is 16.5. The normalized spacial score (nSPS) is 21.0. The molecule has 0 radical (unpaired) electrons. The number of hydrogen-bond donors (Lipinski definition) is 0. The molecule has 0 heterocycles. The molecule has 372 valence electrons. The molecule has 0 saturated carbocycles. The number of allylic oxidation sites excluding steroid dienone is 14. The zero-order chi connectivity index (χ0) is 51.9. The van der Waals surface area contributed by atoms with Gasteiger partial charge in [-0.3, -0.25) is 0 Å². The summed E-state index contributed by atoms with van der Waals surface area (Å²) in [5, 5.41) is 0. The summed E-state index contributed by atoms with van der Waals surface area (Å²) in [6, 6.07) is 27.8. The van der Waals surface area contributed by atoms with Crippen LogP contribution in [0, 0.1) is 17.3 Å². The summed E-state index contributed by atoms with van der Waals surface area (Å²) >= 11 is 0. The van der Waals surface area contributed by atoms with Gasteiger partial charge in [-0.25, -0.2) is 19.2 Å². The zero-order valence-electron chi connectivity index (χ0n) is 42.3. The van der Waals surface area contributed by atoms with Gasteiger partial charge < -0.3 is 18.9 Å². The SMILES string of the molecule is C=CC(=O)OCCCC1(COC(=O)C=C)c2ccccc2-c2ccc(-c3ccc4c(c3)C(CCCOC(=O)C=C)(COC(=O)C=C)c3cc(C5=C6C=CC7=CC(C(C)(C)C)=CC8=CC=C(C=C5)C6C87)ccc3-4)cc21. The van der Waals surface area contributed by atoms with Crippen molar-refractivity contribution in [1.29, 1.82) is 0 Å². The van der Waals surface area contributed by atoms with Crippen LogP contribution in [0.5, 0.6) is 0 Å². The third-order valence-electron chi connectivity index (χ3n) is 15.8. The smallest absolute Gasteiger partial charge is 0.330 e. The van der Waals surface area contributed by atoms with Crippen molar-refractivity contribution in [3.8, 4) is 33.4 Å². The lowest BCUT2D eigenvalue weighted by Crippen LogP contribution is -2.33. The zero-order valence-corrected chi connectivity index (χ0v) is 42.3. The van der Waals surface area contributed by atoms with Gasteiger partial charge in [0.15, 0.2) is 0 Å². The minimum absolute atomic E-state index is 0.0118. The van der Waals surface area contributed by atoms with Crippen molar-refractivity contribution in [2.24, 2.45) is 17.3 Å². The second-order valence-electron chi connectivity index (χ2n) is 20.9. The number of fused-ring (bicyclic) bond motifs is 6. The molecule has 4 aromatic rings. The van der Waals surface area contributed by atoms with Gasteiger partial charge in [-0.1, -0.05) is 156 Å². The number of benzene rings is 4. The van der Waals surface area contributed by atoms with E-state index in [0.717, 1.165) is 78.9 Å². The van der Waals surface area contributed by atoms with E-state index in [4.69, 9.17) is 18.9 Å². The molecule has 0 N–H and O–H groups in total. The topological polar surface area (TPSA) is 105 Å². The van der Waals surface area contributed by atoms with Crippen molar-refractivity contribution in [2.45, 2.75) is 57.3 Å². The Morgan fingerprint density at radius 3 is 1.54 bits per heavy atom. The average Bonchev–Trinajstić information content (AvgIpc) is 3.85. The Bertz CT molecular complexity index is 3340. The maximum Gasteiger partial charge on any atom is 0.330 e. The highest BCUT2D eigenvalue weighted by molar-refractivity contribution is 5.91. The van der Waals surface area contributed by atoms with Gasteiger partial charge >= 0.3 is 23.9 Å². The standard InChI is InChI=1S/C66H60O8/c1-8-58(67)71-32-14-30-65(39-73-60(69)10-3)54-17-13-12-16-49(54)50-26-21-42(36-55(50)65)43-22-27-51-52-28-23-44(38-57(52)66(56(51)37-43,40-74-61(70)11-4)31-15-33-72-59(68)9-2)48-25-20-41-18-19-45-34-47(64(5,6)7)35-46-24-29-53(48)63(41)62(45)46/h8-13,16-29,34-38,62-63H,1-4,14-15,30-33,39-40H2,5-7H3. The maximum absolute atomic E-state index is 13.2. The second kappa shape index (κ2) is 19.7. The van der Waals surface area contributed by atoms with Gasteiger partial charge in [-0.2, -0.15) is 0 Å². The molecule has 4 aromatic carbocycles. The van der Waals surface area contributed by atoms with Crippen LogP contribution in [0.4, 0.5) is 0 Å². The van der Waals surface area contributed by atoms with Crippen LogP contribution in [0.2, 0.25) is 0 Å². The molecule has 0 amide bonds. The first-order valence-corrected chi connectivity index (χ1v) is 25.4. The van der Waals surface area contributed by atoms with E-state index in [9.17, 15) is 19.2 Å². The minimum atomic E-state index is -0.875. The van der Waals surface area contributed by atoms with Gasteiger partial charge in [0.05, 0.1) is 24.0 Å². The van der Waals surface area contributed by atoms with Gasteiger partial charge in [0.1, 0.15) is 13.2 Å². The third-order valence-corrected chi connectivity index (χ3v) is 15.8. The molecule has 8 nitrogen and oxygen atoms in total. The van der Waals surface area contributed by atoms with Crippen molar-refractivity contribution in [1.82, 2.24) is 0 Å². The van der Waals surface area contributed by atoms with Crippen LogP contribution in [0.1, 0.15) is 74.3 Å². The first kappa shape index (κ1) is 49.5. The number of hydrogen-bond acceptors (Lipinski definition) is 8. The molecule has 0 spiro atoms. The fraction of sp³-hybridized carbons (Fsp3) is 0.242. The first-order chi connectivity index (χ1) is 35.7. The summed E-state index contributed by atoms with van der Waals surface area (Å²) in [5.74, 6) is -1.69. The molecule has 4 unspecified atom stereocenters. The lowest BCUT2D eigenvalue weighted by atomic mass is 9.61. The van der Waals surface area contributed by atoms with E-state index in [1.807, 2.05) is 12.1 Å². The molecule has 4 atom stereocenters. The van der Waals surface area contributed by atoms with Crippen LogP contribution in [0.25, 0.3) is 39.0 Å². The van der Waals surface area contributed by atoms with Crippen molar-refractivity contribution in [3.05, 3.63) is 234 Å². The molecular formula is C66H60O8. The predicted molar refractivity (Wildman–Crippen MR) is 291 cm³/mol. The molecule has 0 fully saturated rings. The largest absolute Gasteiger partial charge is 0.463 e. The molecule has 6 aliphatic carbocycles. The van der Waals surface area contributed by atoms with Crippen molar-refractivity contribution >= 4 is 29.5 Å². The highest BCUT2D eigenvalue weighted by Gasteiger charge is 2.47. The third kappa shape index (κ3) is 8.66. The Morgan fingerprint density at radius 1 is 0.514 bits per heavy atom. The lowest BCUT2D eigenvalue weighted by Gasteiger charge is -2.42. The van der Waals surface area contributed by atoms with E-state index in [2.05, 4.69) is 162 Å². The highest BCUT2D eigenvalue weighted by Crippen LogP contribution is 2.57. The Labute approximate surface area is 433 Å². The van der Waals surface area contributed by atoms with Crippen LogP contribution in [0.15, 0.2) is 206 Å². The number of carbonyl (C=O) groups excluding carboxylic acids is 4. The van der Waals surface area contributed by atoms with Crippen LogP contribution in [-0.2, 0) is 49.0 Å². The second-order valence-corrected chi connectivity index (χ2v) is 20.9. The van der Waals surface area contributed by atoms with Crippen molar-refractivity contribution < 1.29 is 38.1 Å². The maximum atomic E-state index is 13.2. The van der Waals surface area contributed by atoms with Gasteiger partial charge in [0.2, 0.25) is 0 Å². The summed E-state index contributed by atoms with van der Waals surface area (Å²) in [6.45, 7) is 21.7. The van der Waals surface area contributed by atoms with Gasteiger partial charge in [0, 0.05) is 36.1 Å². The van der Waals surface area contributed by atoms with Gasteiger partial charge in [0.25, 0.3) is 0 Å². The fourth-order valence-corrected chi connectivity index (χ4v) is 12.2. The van der Waals surface area contributed by atoms with E-state index in [1.54, 1.807) is 0 Å². The van der Waals surface area contributed by atoms with E-state index in [-0.39, 0.29) is 43.7 Å². The van der Waals surface area contributed by atoms with E-state index < -0.39 is 34.7 Å². The number of rotatable bonds is 18. The Hall–Kier alpha value is -8.10. The van der Waals surface area contributed by atoms with Crippen LogP contribution in [0.3, 0.4) is 0 Å². The van der Waals surface area contributed by atoms with E-state index in [0.29, 0.717) is 25.7 Å². The molecule has 8 heteroatoms. The minimum Gasteiger partial charge on any atom is -0.463 e. The predicted octanol–water partition coefficient (Wildman–Crippen LogP) is 13.3. The quantitative estimate of drug-likeness (QED) is 0.0420. The van der Waals surface area contributed by atoms with Crippen LogP contribution < -0.4 is 0 Å². The molecule has 0 bridgehead atoms. The molecule has 0 aliphatic heterocycles. The lowest BCUT2D eigenvalue weighted by molar-refractivity contribution is -0.140. The summed E-state index contributed by atoms with van der Waals surface area (Å²) in [6.07, 6.45) is 25.1. The molecule has 0 saturated heterocycles. The molecule has 0 aromatic heterocycles. The summed E-state index contributed by atoms with van der Waals surface area (Å²) in [7, 11) is 0. The van der Waals surface area contributed by atoms with Crippen LogP contribution in [-0.4, -0.2) is 50.3 Å². The summed E-state index contributed by atoms with van der Waals surface area (Å²) in [4.78, 5) is 50.4. The van der Waals surface area contributed by atoms with Crippen molar-refractivity contribution in [3.63, 3.8) is 0 Å². The number of esters is 4. The van der Waals surface area contributed by atoms with E-state index >= 15 is 0 Å². The Morgan fingerprint density at radius 2 is 0.986 bits per heavy atom. The number of carbonyl (C=O) groups is 4. The Kier molecular flexibility index (Phi) is 13.2. The Balaban J connectivity index is 1.10. The molecule has 6 aliphatic rings. The molecule has 10 rings (SSSR count). The van der Waals surface area contributed by atoms with Crippen LogP contribution >= 0.6 is 0 Å². The fourth-order valence-electron chi connectivity index (χ4n) is 12.2. The summed E-state index contributed by atoms with van der Waals surface area (Å²) < 4.78 is 23.1.